The van der Waals surface area contributed by atoms with Gasteiger partial charge in [-0.3, -0.25) is 4.79 Å². The van der Waals surface area contributed by atoms with Crippen molar-refractivity contribution in [3.8, 4) is 23.0 Å². The van der Waals surface area contributed by atoms with Gasteiger partial charge >= 0.3 is 29.6 Å². The van der Waals surface area contributed by atoms with Crippen molar-refractivity contribution in [3.05, 3.63) is 82.4 Å². The van der Waals surface area contributed by atoms with Crippen molar-refractivity contribution in [1.29, 1.82) is 0 Å². The van der Waals surface area contributed by atoms with Crippen LogP contribution >= 0.6 is 11.6 Å². The van der Waals surface area contributed by atoms with Crippen LogP contribution < -0.4 is 54.2 Å². The van der Waals surface area contributed by atoms with Crippen LogP contribution in [-0.4, -0.2) is 32.1 Å². The van der Waals surface area contributed by atoms with Crippen molar-refractivity contribution in [1.82, 2.24) is 5.32 Å². The SMILES string of the molecule is COc1ccc(CCNC(=O)c2ccc(Oc3cc4c(cc3Cl)C(C(=O)[O-])CCO4)cc2)cc1.[Na+]. The Morgan fingerprint density at radius 3 is 2.43 bits per heavy atom. The summed E-state index contributed by atoms with van der Waals surface area (Å²) in [7, 11) is 1.62. The summed E-state index contributed by atoms with van der Waals surface area (Å²) >= 11 is 6.32. The molecule has 0 aliphatic carbocycles. The number of hydrogen-bond acceptors (Lipinski definition) is 6. The third-order valence-electron chi connectivity index (χ3n) is 5.59. The first kappa shape index (κ1) is 26.9. The minimum Gasteiger partial charge on any atom is -0.549 e. The van der Waals surface area contributed by atoms with Crippen molar-refractivity contribution in [2.75, 3.05) is 20.3 Å². The van der Waals surface area contributed by atoms with Gasteiger partial charge in [-0.15, -0.1) is 0 Å². The predicted octanol–water partition coefficient (Wildman–Crippen LogP) is 0.733. The smallest absolute Gasteiger partial charge is 0.549 e. The number of amides is 1. The fourth-order valence-electron chi connectivity index (χ4n) is 3.73. The van der Waals surface area contributed by atoms with Gasteiger partial charge in [0.25, 0.3) is 5.91 Å². The first-order valence-corrected chi connectivity index (χ1v) is 11.2. The maximum absolute atomic E-state index is 12.4. The zero-order chi connectivity index (χ0) is 24.1. The number of halogens is 1. The van der Waals surface area contributed by atoms with Crippen LogP contribution in [0.1, 0.15) is 33.8 Å². The summed E-state index contributed by atoms with van der Waals surface area (Å²) in [6.07, 6.45) is 1.03. The molecular weight excluding hydrogens is 481 g/mol. The van der Waals surface area contributed by atoms with Crippen molar-refractivity contribution in [2.24, 2.45) is 0 Å². The standard InChI is InChI=1S/C26H24ClNO6.Na/c1-32-18-6-2-16(3-7-18)10-12-28-25(29)17-4-8-19(9-5-17)34-24-15-23-21(14-22(24)27)20(26(30)31)11-13-33-23;/h2-9,14-15,20H,10-13H2,1H3,(H,28,29)(H,30,31);/q;+1/p-1. The topological polar surface area (TPSA) is 96.9 Å². The van der Waals surface area contributed by atoms with Crippen LogP contribution in [0.15, 0.2) is 60.7 Å². The molecule has 1 N–H and O–H groups in total. The molecule has 176 valence electrons. The predicted molar refractivity (Wildman–Crippen MR) is 125 cm³/mol. The molecule has 1 amide bonds. The monoisotopic (exact) mass is 503 g/mol. The molecule has 0 saturated carbocycles. The Hall–Kier alpha value is -2.71. The zero-order valence-corrected chi connectivity index (χ0v) is 22.3. The van der Waals surface area contributed by atoms with E-state index >= 15 is 0 Å². The molecule has 4 rings (SSSR count). The van der Waals surface area contributed by atoms with Gasteiger partial charge in [-0.25, -0.2) is 0 Å². The molecule has 0 spiro atoms. The summed E-state index contributed by atoms with van der Waals surface area (Å²) in [5.41, 5.74) is 2.07. The van der Waals surface area contributed by atoms with Crippen LogP contribution in [0.2, 0.25) is 5.02 Å². The molecule has 7 nitrogen and oxygen atoms in total. The molecule has 1 aliphatic heterocycles. The molecule has 3 aromatic carbocycles. The Kier molecular flexibility index (Phi) is 9.46. The first-order chi connectivity index (χ1) is 16.4. The Morgan fingerprint density at radius 2 is 1.77 bits per heavy atom. The molecule has 3 aromatic rings. The molecule has 1 unspecified atom stereocenters. The molecule has 0 aromatic heterocycles. The molecule has 0 bridgehead atoms. The normalized spacial score (nSPS) is 14.1. The third-order valence-corrected chi connectivity index (χ3v) is 5.89. The first-order valence-electron chi connectivity index (χ1n) is 10.8. The molecule has 9 heteroatoms. The van der Waals surface area contributed by atoms with Crippen LogP contribution in [0, 0.1) is 0 Å². The van der Waals surface area contributed by atoms with E-state index < -0.39 is 11.9 Å². The van der Waals surface area contributed by atoms with Crippen LogP contribution in [0.4, 0.5) is 0 Å². The van der Waals surface area contributed by atoms with E-state index in [9.17, 15) is 14.7 Å². The molecule has 0 saturated heterocycles. The largest absolute Gasteiger partial charge is 1.00 e. The summed E-state index contributed by atoms with van der Waals surface area (Å²) < 4.78 is 16.6. The number of nitrogens with one attached hydrogen (secondary N) is 1. The van der Waals surface area contributed by atoms with Gasteiger partial charge in [-0.05, 0) is 60.9 Å². The molecule has 1 heterocycles. The van der Waals surface area contributed by atoms with Gasteiger partial charge in [0.2, 0.25) is 0 Å². The Labute approximate surface area is 230 Å². The van der Waals surface area contributed by atoms with Gasteiger partial charge in [0.1, 0.15) is 23.0 Å². The van der Waals surface area contributed by atoms with Crippen molar-refractivity contribution in [3.63, 3.8) is 0 Å². The number of carboxylic acids is 1. The van der Waals surface area contributed by atoms with Gasteiger partial charge in [0.05, 0.1) is 18.7 Å². The summed E-state index contributed by atoms with van der Waals surface area (Å²) in [4.78, 5) is 23.8. The number of carbonyl (C=O) groups is 2. The Balaban J connectivity index is 0.00000342. The van der Waals surface area contributed by atoms with E-state index in [0.717, 1.165) is 11.3 Å². The second-order valence-electron chi connectivity index (χ2n) is 7.81. The number of ether oxygens (including phenoxy) is 3. The molecule has 0 radical (unpaired) electrons. The van der Waals surface area contributed by atoms with Crippen LogP contribution in [-0.2, 0) is 11.2 Å². The van der Waals surface area contributed by atoms with Crippen LogP contribution in [0.3, 0.4) is 0 Å². The van der Waals surface area contributed by atoms with Gasteiger partial charge < -0.3 is 29.4 Å². The van der Waals surface area contributed by atoms with E-state index in [1.807, 2.05) is 24.3 Å². The number of carbonyl (C=O) groups excluding carboxylic acids is 2. The number of fused-ring (bicyclic) bond motifs is 1. The van der Waals surface area contributed by atoms with Crippen molar-refractivity contribution in [2.45, 2.75) is 18.8 Å². The molecule has 1 atom stereocenters. The number of rotatable bonds is 8. The van der Waals surface area contributed by atoms with Crippen molar-refractivity contribution >= 4 is 23.5 Å². The zero-order valence-electron chi connectivity index (χ0n) is 19.5. The minimum absolute atomic E-state index is 0. The van der Waals surface area contributed by atoms with E-state index in [1.54, 1.807) is 37.4 Å². The average Bonchev–Trinajstić information content (AvgIpc) is 2.85. The summed E-state index contributed by atoms with van der Waals surface area (Å²) in [6.45, 7) is 0.774. The van der Waals surface area contributed by atoms with Gasteiger partial charge in [0.15, 0.2) is 0 Å². The van der Waals surface area contributed by atoms with Crippen LogP contribution in [0.25, 0.3) is 0 Å². The van der Waals surface area contributed by atoms with Crippen LogP contribution in [0.5, 0.6) is 23.0 Å². The second kappa shape index (κ2) is 12.3. The molecular formula is C26H23ClNNaO6. The number of aliphatic carboxylic acids is 1. The Bertz CT molecular complexity index is 1180. The summed E-state index contributed by atoms with van der Waals surface area (Å²) in [5, 5.41) is 14.5. The Morgan fingerprint density at radius 1 is 1.09 bits per heavy atom. The number of methoxy groups -OCH3 is 1. The van der Waals surface area contributed by atoms with Gasteiger partial charge in [-0.1, -0.05) is 23.7 Å². The van der Waals surface area contributed by atoms with E-state index in [-0.39, 0.29) is 47.1 Å². The maximum Gasteiger partial charge on any atom is 1.00 e. The minimum atomic E-state index is -1.16. The average molecular weight is 504 g/mol. The van der Waals surface area contributed by atoms with Gasteiger partial charge in [0, 0.05) is 35.6 Å². The quantitative estimate of drug-likeness (QED) is 0.455. The van der Waals surface area contributed by atoms with E-state index in [1.165, 1.54) is 6.07 Å². The van der Waals surface area contributed by atoms with E-state index in [2.05, 4.69) is 5.32 Å². The molecule has 1 aliphatic rings. The molecule has 35 heavy (non-hydrogen) atoms. The van der Waals surface area contributed by atoms with Crippen molar-refractivity contribution < 1.29 is 58.5 Å². The molecule has 0 fully saturated rings. The summed E-state index contributed by atoms with van der Waals surface area (Å²) in [5.74, 6) is -0.104. The van der Waals surface area contributed by atoms with Gasteiger partial charge in [-0.2, -0.15) is 0 Å². The fraction of sp³-hybridized carbons (Fsp3) is 0.231. The third kappa shape index (κ3) is 6.70. The fourth-order valence-corrected chi connectivity index (χ4v) is 3.94. The summed E-state index contributed by atoms with van der Waals surface area (Å²) in [6, 6.07) is 17.5. The van der Waals surface area contributed by atoms with E-state index in [0.29, 0.717) is 47.8 Å². The maximum atomic E-state index is 12.4. The number of benzene rings is 3. The number of carboxylic acid groups (broad SMARTS) is 1. The number of hydrogen-bond donors (Lipinski definition) is 1. The second-order valence-corrected chi connectivity index (χ2v) is 8.22. The van der Waals surface area contributed by atoms with E-state index in [4.69, 9.17) is 25.8 Å².